The molecule has 4 nitrogen and oxygen atoms in total. The van der Waals surface area contributed by atoms with Crippen LogP contribution < -0.4 is 5.32 Å². The summed E-state index contributed by atoms with van der Waals surface area (Å²) in [5, 5.41) is 3.41. The van der Waals surface area contributed by atoms with E-state index in [2.05, 4.69) is 15.3 Å². The Morgan fingerprint density at radius 2 is 1.94 bits per heavy atom. The van der Waals surface area contributed by atoms with Crippen LogP contribution in [0, 0.1) is 6.92 Å². The van der Waals surface area contributed by atoms with E-state index >= 15 is 0 Å². The average molecular weight is 282 g/mol. The molecule has 0 spiro atoms. The van der Waals surface area contributed by atoms with E-state index in [1.165, 1.54) is 12.5 Å². The van der Waals surface area contributed by atoms with Gasteiger partial charge in [-0.3, -0.25) is 4.79 Å². The second-order valence-electron chi connectivity index (χ2n) is 3.57. The monoisotopic (exact) mass is 281 g/mol. The largest absolute Gasteiger partial charge is 0.319 e. The summed E-state index contributed by atoms with van der Waals surface area (Å²) in [5.74, 6) is -0.344. The Balaban J connectivity index is 2.30. The molecule has 6 heteroatoms. The number of carbonyl (C=O) groups is 1. The Morgan fingerprint density at radius 3 is 2.56 bits per heavy atom. The number of carbonyl (C=O) groups excluding carboxylic acids is 1. The van der Waals surface area contributed by atoms with Crippen molar-refractivity contribution < 1.29 is 4.79 Å². The van der Waals surface area contributed by atoms with Crippen LogP contribution in [-0.2, 0) is 0 Å². The molecule has 0 aliphatic rings. The highest BCUT2D eigenvalue weighted by atomic mass is 35.5. The maximum Gasteiger partial charge on any atom is 0.259 e. The third-order valence-corrected chi connectivity index (χ3v) is 2.99. The molecule has 0 aliphatic heterocycles. The van der Waals surface area contributed by atoms with Crippen LogP contribution in [0.3, 0.4) is 0 Å². The molecule has 0 saturated carbocycles. The first-order valence-electron chi connectivity index (χ1n) is 5.11. The summed E-state index contributed by atoms with van der Waals surface area (Å²) in [6.07, 6.45) is 2.83. The molecule has 1 aromatic carbocycles. The van der Waals surface area contributed by atoms with Crippen molar-refractivity contribution in [3.8, 4) is 0 Å². The van der Waals surface area contributed by atoms with Crippen LogP contribution >= 0.6 is 23.2 Å². The molecule has 1 N–H and O–H groups in total. The van der Waals surface area contributed by atoms with Crippen LogP contribution in [0.25, 0.3) is 0 Å². The van der Waals surface area contributed by atoms with E-state index in [1.807, 2.05) is 0 Å². The molecule has 0 radical (unpaired) electrons. The minimum Gasteiger partial charge on any atom is -0.319 e. The van der Waals surface area contributed by atoms with Gasteiger partial charge < -0.3 is 5.32 Å². The van der Waals surface area contributed by atoms with Gasteiger partial charge in [-0.2, -0.15) is 0 Å². The van der Waals surface area contributed by atoms with Crippen LogP contribution in [0.2, 0.25) is 10.0 Å². The van der Waals surface area contributed by atoms with Crippen molar-refractivity contribution in [2.75, 3.05) is 5.32 Å². The SMILES string of the molecule is Cc1ncncc1C(=O)Nc1c(Cl)cccc1Cl. The second-order valence-corrected chi connectivity index (χ2v) is 4.39. The lowest BCUT2D eigenvalue weighted by Gasteiger charge is -2.09. The van der Waals surface area contributed by atoms with Gasteiger partial charge in [-0.25, -0.2) is 9.97 Å². The number of amides is 1. The van der Waals surface area contributed by atoms with Gasteiger partial charge in [-0.15, -0.1) is 0 Å². The molecule has 1 heterocycles. The molecule has 0 bridgehead atoms. The zero-order chi connectivity index (χ0) is 13.1. The number of para-hydroxylation sites is 1. The standard InChI is InChI=1S/C12H9Cl2N3O/c1-7-8(5-15-6-16-7)12(18)17-11-9(13)3-2-4-10(11)14/h2-6H,1H3,(H,17,18). The van der Waals surface area contributed by atoms with Gasteiger partial charge in [0.15, 0.2) is 0 Å². The number of aryl methyl sites for hydroxylation is 1. The lowest BCUT2D eigenvalue weighted by Crippen LogP contribution is -2.15. The fourth-order valence-electron chi connectivity index (χ4n) is 1.41. The fraction of sp³-hybridized carbons (Fsp3) is 0.0833. The van der Waals surface area contributed by atoms with E-state index in [4.69, 9.17) is 23.2 Å². The summed E-state index contributed by atoms with van der Waals surface area (Å²) < 4.78 is 0. The lowest BCUT2D eigenvalue weighted by atomic mass is 10.2. The van der Waals surface area contributed by atoms with E-state index in [1.54, 1.807) is 25.1 Å². The molecule has 18 heavy (non-hydrogen) atoms. The second kappa shape index (κ2) is 5.33. The molecular formula is C12H9Cl2N3O. The van der Waals surface area contributed by atoms with E-state index in [0.29, 0.717) is 27.0 Å². The van der Waals surface area contributed by atoms with Gasteiger partial charge in [0.25, 0.3) is 5.91 Å². The van der Waals surface area contributed by atoms with Crippen LogP contribution in [-0.4, -0.2) is 15.9 Å². The van der Waals surface area contributed by atoms with Crippen LogP contribution in [0.5, 0.6) is 0 Å². The number of hydrogen-bond donors (Lipinski definition) is 1. The number of hydrogen-bond acceptors (Lipinski definition) is 3. The predicted octanol–water partition coefficient (Wildman–Crippen LogP) is 3.34. The first-order valence-corrected chi connectivity index (χ1v) is 5.87. The van der Waals surface area contributed by atoms with Gasteiger partial charge in [0.1, 0.15) is 6.33 Å². The van der Waals surface area contributed by atoms with Crippen molar-refractivity contribution in [1.29, 1.82) is 0 Å². The number of nitrogens with one attached hydrogen (secondary N) is 1. The molecule has 0 aliphatic carbocycles. The highest BCUT2D eigenvalue weighted by molar-refractivity contribution is 6.40. The van der Waals surface area contributed by atoms with Gasteiger partial charge >= 0.3 is 0 Å². The quantitative estimate of drug-likeness (QED) is 0.919. The Kier molecular flexibility index (Phi) is 3.79. The van der Waals surface area contributed by atoms with Crippen molar-refractivity contribution in [2.24, 2.45) is 0 Å². The average Bonchev–Trinajstić information content (AvgIpc) is 2.34. The number of anilines is 1. The maximum absolute atomic E-state index is 12.0. The van der Waals surface area contributed by atoms with E-state index in [9.17, 15) is 4.79 Å². The number of benzene rings is 1. The number of rotatable bonds is 2. The smallest absolute Gasteiger partial charge is 0.259 e. The van der Waals surface area contributed by atoms with Gasteiger partial charge in [-0.05, 0) is 19.1 Å². The molecule has 92 valence electrons. The number of halogens is 2. The molecular weight excluding hydrogens is 273 g/mol. The lowest BCUT2D eigenvalue weighted by molar-refractivity contribution is 0.102. The van der Waals surface area contributed by atoms with Crippen molar-refractivity contribution in [1.82, 2.24) is 9.97 Å². The third kappa shape index (κ3) is 2.60. The highest BCUT2D eigenvalue weighted by Gasteiger charge is 2.13. The fourth-order valence-corrected chi connectivity index (χ4v) is 1.90. The van der Waals surface area contributed by atoms with Crippen molar-refractivity contribution in [3.05, 3.63) is 52.0 Å². The van der Waals surface area contributed by atoms with Crippen LogP contribution in [0.1, 0.15) is 16.1 Å². The van der Waals surface area contributed by atoms with Crippen LogP contribution in [0.4, 0.5) is 5.69 Å². The van der Waals surface area contributed by atoms with Gasteiger partial charge in [0.05, 0.1) is 27.0 Å². The molecule has 2 aromatic rings. The van der Waals surface area contributed by atoms with E-state index in [0.717, 1.165) is 0 Å². The summed E-state index contributed by atoms with van der Waals surface area (Å²) in [6.45, 7) is 1.73. The van der Waals surface area contributed by atoms with Crippen molar-refractivity contribution in [3.63, 3.8) is 0 Å². The first kappa shape index (κ1) is 12.8. The van der Waals surface area contributed by atoms with Gasteiger partial charge in [-0.1, -0.05) is 29.3 Å². The summed E-state index contributed by atoms with van der Waals surface area (Å²) in [7, 11) is 0. The number of aromatic nitrogens is 2. The molecule has 1 amide bonds. The topological polar surface area (TPSA) is 54.9 Å². The maximum atomic E-state index is 12.0. The Hall–Kier alpha value is -1.65. The Morgan fingerprint density at radius 1 is 1.28 bits per heavy atom. The summed E-state index contributed by atoms with van der Waals surface area (Å²) >= 11 is 11.9. The predicted molar refractivity (Wildman–Crippen MR) is 71.2 cm³/mol. The summed E-state index contributed by atoms with van der Waals surface area (Å²) in [4.78, 5) is 19.8. The van der Waals surface area contributed by atoms with Crippen molar-refractivity contribution >= 4 is 34.8 Å². The zero-order valence-electron chi connectivity index (χ0n) is 9.45. The zero-order valence-corrected chi connectivity index (χ0v) is 11.0. The van der Waals surface area contributed by atoms with Crippen LogP contribution in [0.15, 0.2) is 30.7 Å². The molecule has 0 atom stereocenters. The molecule has 0 unspecified atom stereocenters. The van der Waals surface area contributed by atoms with E-state index in [-0.39, 0.29) is 5.91 Å². The molecule has 2 rings (SSSR count). The summed E-state index contributed by atoms with van der Waals surface area (Å²) in [6, 6.07) is 5.01. The summed E-state index contributed by atoms with van der Waals surface area (Å²) in [5.41, 5.74) is 1.35. The Labute approximate surface area is 114 Å². The highest BCUT2D eigenvalue weighted by Crippen LogP contribution is 2.30. The normalized spacial score (nSPS) is 10.2. The number of nitrogens with zero attached hydrogens (tertiary/aromatic N) is 2. The Bertz CT molecular complexity index is 581. The molecule has 1 aromatic heterocycles. The van der Waals surface area contributed by atoms with Crippen molar-refractivity contribution in [2.45, 2.75) is 6.92 Å². The van der Waals surface area contributed by atoms with Gasteiger partial charge in [0, 0.05) is 6.20 Å². The van der Waals surface area contributed by atoms with E-state index < -0.39 is 0 Å². The first-order chi connectivity index (χ1) is 8.59. The molecule has 0 fully saturated rings. The minimum atomic E-state index is -0.344. The van der Waals surface area contributed by atoms with Gasteiger partial charge in [0.2, 0.25) is 0 Å². The molecule has 0 saturated heterocycles. The minimum absolute atomic E-state index is 0.344. The third-order valence-electron chi connectivity index (χ3n) is 2.36.